The van der Waals surface area contributed by atoms with Gasteiger partial charge in [-0.05, 0) is 12.1 Å². The van der Waals surface area contributed by atoms with Crippen molar-refractivity contribution in [2.45, 2.75) is 0 Å². The van der Waals surface area contributed by atoms with Crippen molar-refractivity contribution in [3.63, 3.8) is 0 Å². The Hall–Kier alpha value is -4.00. The van der Waals surface area contributed by atoms with E-state index in [-0.39, 0.29) is 22.1 Å². The molecule has 14 heteroatoms. The molecule has 2 aromatic carbocycles. The molecule has 0 unspecified atom stereocenters. The zero-order valence-electron chi connectivity index (χ0n) is 13.7. The lowest BCUT2D eigenvalue weighted by molar-refractivity contribution is -0.394. The van der Waals surface area contributed by atoms with Gasteiger partial charge in [0.05, 0.1) is 32.3 Å². The molecule has 0 aliphatic heterocycles. The predicted molar refractivity (Wildman–Crippen MR) is 97.6 cm³/mol. The van der Waals surface area contributed by atoms with Crippen LogP contribution in [-0.4, -0.2) is 32.6 Å². The summed E-state index contributed by atoms with van der Waals surface area (Å²) < 4.78 is 0. The highest BCUT2D eigenvalue weighted by Crippen LogP contribution is 2.41. The summed E-state index contributed by atoms with van der Waals surface area (Å²) in [6, 6.07) is 3.88. The zero-order valence-corrected chi connectivity index (χ0v) is 14.5. The van der Waals surface area contributed by atoms with Crippen LogP contribution < -0.4 is 11.1 Å². The van der Waals surface area contributed by atoms with Crippen molar-refractivity contribution in [1.29, 1.82) is 0 Å². The fourth-order valence-corrected chi connectivity index (χ4v) is 2.15. The number of halogens is 1. The number of phenols is 1. The standard InChI is InChI=1S/C14H11ClN6O7/c15-7-3-10(9(4-8(7)16)17-5-13(22)23)18-19-11-1-6(20(25)26)2-12(14(11)24)21(27)28/h1-4,17,24H,5,16H2,(H,22,23). The first kappa shape index (κ1) is 20.3. The lowest BCUT2D eigenvalue weighted by atomic mass is 10.2. The number of nitrogens with two attached hydrogens (primary N) is 1. The van der Waals surface area contributed by atoms with E-state index in [2.05, 4.69) is 15.5 Å². The molecule has 28 heavy (non-hydrogen) atoms. The van der Waals surface area contributed by atoms with Gasteiger partial charge in [0.1, 0.15) is 17.9 Å². The highest BCUT2D eigenvalue weighted by atomic mass is 35.5. The number of carboxylic acids is 1. The third-order valence-electron chi connectivity index (χ3n) is 3.27. The molecule has 0 aliphatic rings. The molecule has 0 aliphatic carbocycles. The molecule has 13 nitrogen and oxygen atoms in total. The molecule has 0 fully saturated rings. The van der Waals surface area contributed by atoms with Gasteiger partial charge in [0, 0.05) is 6.07 Å². The van der Waals surface area contributed by atoms with E-state index in [9.17, 15) is 30.1 Å². The maximum absolute atomic E-state index is 11.0. The first-order valence-electron chi connectivity index (χ1n) is 7.22. The summed E-state index contributed by atoms with van der Waals surface area (Å²) in [6.07, 6.45) is 0. The lowest BCUT2D eigenvalue weighted by Gasteiger charge is -2.09. The van der Waals surface area contributed by atoms with Gasteiger partial charge in [-0.1, -0.05) is 11.6 Å². The largest absolute Gasteiger partial charge is 0.501 e. The number of carboxylic acid groups (broad SMARTS) is 1. The molecule has 0 radical (unpaired) electrons. The van der Waals surface area contributed by atoms with Gasteiger partial charge in [-0.2, -0.15) is 0 Å². The molecule has 2 rings (SSSR count). The molecule has 0 heterocycles. The topological polar surface area (TPSA) is 207 Å². The number of hydrogen-bond acceptors (Lipinski definition) is 10. The second-order valence-corrected chi connectivity index (χ2v) is 5.59. The second-order valence-electron chi connectivity index (χ2n) is 5.19. The van der Waals surface area contributed by atoms with E-state index < -0.39 is 45.2 Å². The van der Waals surface area contributed by atoms with E-state index in [4.69, 9.17) is 22.4 Å². The van der Waals surface area contributed by atoms with Gasteiger partial charge >= 0.3 is 11.7 Å². The number of nitrogens with one attached hydrogen (secondary N) is 1. The average Bonchev–Trinajstić information content (AvgIpc) is 2.61. The van der Waals surface area contributed by atoms with Gasteiger partial charge in [0.15, 0.2) is 0 Å². The van der Waals surface area contributed by atoms with Crippen molar-refractivity contribution < 1.29 is 24.9 Å². The van der Waals surface area contributed by atoms with Crippen LogP contribution in [0.15, 0.2) is 34.5 Å². The molecule has 0 spiro atoms. The summed E-state index contributed by atoms with van der Waals surface area (Å²) in [5.74, 6) is -2.11. The summed E-state index contributed by atoms with van der Waals surface area (Å²) in [7, 11) is 0. The van der Waals surface area contributed by atoms with E-state index in [1.165, 1.54) is 12.1 Å². The normalized spacial score (nSPS) is 10.8. The number of nitrogen functional groups attached to an aromatic ring is 1. The van der Waals surface area contributed by atoms with Gasteiger partial charge in [-0.25, -0.2) is 0 Å². The van der Waals surface area contributed by atoms with Crippen LogP contribution in [0, 0.1) is 20.2 Å². The lowest BCUT2D eigenvalue weighted by Crippen LogP contribution is -2.12. The Morgan fingerprint density at radius 2 is 1.79 bits per heavy atom. The number of aromatic hydroxyl groups is 1. The number of azo groups is 1. The van der Waals surface area contributed by atoms with Crippen LogP contribution in [0.2, 0.25) is 5.02 Å². The fourth-order valence-electron chi connectivity index (χ4n) is 1.99. The number of nitrogens with zero attached hydrogens (tertiary/aromatic N) is 4. The Kier molecular flexibility index (Phi) is 5.90. The van der Waals surface area contributed by atoms with Crippen LogP contribution in [0.3, 0.4) is 0 Å². The van der Waals surface area contributed by atoms with Crippen LogP contribution >= 0.6 is 11.6 Å². The predicted octanol–water partition coefficient (Wildman–Crippen LogP) is 3.36. The van der Waals surface area contributed by atoms with Crippen molar-refractivity contribution in [2.24, 2.45) is 10.2 Å². The molecular weight excluding hydrogens is 400 g/mol. The quantitative estimate of drug-likeness (QED) is 0.228. The highest BCUT2D eigenvalue weighted by molar-refractivity contribution is 6.33. The van der Waals surface area contributed by atoms with Crippen LogP contribution in [-0.2, 0) is 4.79 Å². The SMILES string of the molecule is Nc1cc(NCC(=O)O)c(N=Nc2cc([N+](=O)[O-])cc([N+](=O)[O-])c2O)cc1Cl. The first-order valence-corrected chi connectivity index (χ1v) is 7.60. The molecule has 0 amide bonds. The van der Waals surface area contributed by atoms with Gasteiger partial charge in [0.2, 0.25) is 5.75 Å². The maximum atomic E-state index is 11.0. The number of nitro benzene ring substituents is 2. The smallest absolute Gasteiger partial charge is 0.322 e. The Labute approximate surface area is 160 Å². The second kappa shape index (κ2) is 8.13. The number of anilines is 2. The van der Waals surface area contributed by atoms with Crippen LogP contribution in [0.1, 0.15) is 0 Å². The van der Waals surface area contributed by atoms with Crippen molar-refractivity contribution in [3.8, 4) is 5.75 Å². The van der Waals surface area contributed by atoms with Crippen LogP contribution in [0.4, 0.5) is 34.1 Å². The number of benzene rings is 2. The molecule has 146 valence electrons. The summed E-state index contributed by atoms with van der Waals surface area (Å²) >= 11 is 5.90. The summed E-state index contributed by atoms with van der Waals surface area (Å²) in [4.78, 5) is 30.7. The number of rotatable bonds is 7. The van der Waals surface area contributed by atoms with E-state index >= 15 is 0 Å². The molecule has 0 saturated carbocycles. The number of carbonyl (C=O) groups is 1. The van der Waals surface area contributed by atoms with Crippen molar-refractivity contribution in [2.75, 3.05) is 17.6 Å². The van der Waals surface area contributed by atoms with Crippen molar-refractivity contribution in [1.82, 2.24) is 0 Å². The minimum Gasteiger partial charge on any atom is -0.501 e. The molecular formula is C14H11ClN6O7. The van der Waals surface area contributed by atoms with Gasteiger partial charge in [0.25, 0.3) is 5.69 Å². The van der Waals surface area contributed by atoms with Crippen molar-refractivity contribution in [3.05, 3.63) is 49.5 Å². The third kappa shape index (κ3) is 4.59. The number of non-ortho nitro benzene ring substituents is 1. The third-order valence-corrected chi connectivity index (χ3v) is 3.60. The van der Waals surface area contributed by atoms with E-state index in [0.717, 1.165) is 6.07 Å². The minimum absolute atomic E-state index is 0.0194. The van der Waals surface area contributed by atoms with Gasteiger partial charge in [-0.15, -0.1) is 10.2 Å². The Morgan fingerprint density at radius 1 is 1.14 bits per heavy atom. The van der Waals surface area contributed by atoms with Crippen molar-refractivity contribution >= 4 is 51.7 Å². The Bertz CT molecular complexity index is 1010. The molecule has 0 atom stereocenters. The fraction of sp³-hybridized carbons (Fsp3) is 0.0714. The Balaban J connectivity index is 2.53. The Morgan fingerprint density at radius 3 is 2.36 bits per heavy atom. The molecule has 0 saturated heterocycles. The average molecular weight is 411 g/mol. The van der Waals surface area contributed by atoms with Crippen LogP contribution in [0.25, 0.3) is 0 Å². The number of hydrogen-bond donors (Lipinski definition) is 4. The van der Waals surface area contributed by atoms with Gasteiger partial charge < -0.3 is 21.3 Å². The zero-order chi connectivity index (χ0) is 21.0. The number of phenolic OH excluding ortho intramolecular Hbond substituents is 1. The maximum Gasteiger partial charge on any atom is 0.322 e. The first-order chi connectivity index (χ1) is 13.1. The summed E-state index contributed by atoms with van der Waals surface area (Å²) in [5.41, 5.74) is 3.71. The number of nitro groups is 2. The van der Waals surface area contributed by atoms with E-state index in [1.807, 2.05) is 0 Å². The molecule has 0 aromatic heterocycles. The molecule has 0 bridgehead atoms. The number of aliphatic carboxylic acids is 1. The highest BCUT2D eigenvalue weighted by Gasteiger charge is 2.24. The van der Waals surface area contributed by atoms with E-state index in [1.54, 1.807) is 0 Å². The van der Waals surface area contributed by atoms with Crippen LogP contribution in [0.5, 0.6) is 5.75 Å². The monoisotopic (exact) mass is 410 g/mol. The molecule has 2 aromatic rings. The van der Waals surface area contributed by atoms with E-state index in [0.29, 0.717) is 6.07 Å². The molecule has 5 N–H and O–H groups in total. The van der Waals surface area contributed by atoms with Gasteiger partial charge in [-0.3, -0.25) is 25.0 Å². The minimum atomic E-state index is -1.18. The summed E-state index contributed by atoms with van der Waals surface area (Å²) in [6.45, 7) is -0.489. The summed E-state index contributed by atoms with van der Waals surface area (Å²) in [5, 5.41) is 50.5.